The first-order valence-corrected chi connectivity index (χ1v) is 7.83. The number of hydrogen-bond acceptors (Lipinski definition) is 3. The van der Waals surface area contributed by atoms with Gasteiger partial charge in [-0.3, -0.25) is 0 Å². The molecule has 0 aliphatic heterocycles. The fourth-order valence-corrected chi connectivity index (χ4v) is 3.04. The van der Waals surface area contributed by atoms with Crippen molar-refractivity contribution in [3.05, 3.63) is 51.7 Å². The number of rotatable bonds is 6. The second kappa shape index (κ2) is 6.95. The van der Waals surface area contributed by atoms with Gasteiger partial charge in [0.2, 0.25) is 0 Å². The highest BCUT2D eigenvalue weighted by atomic mass is 32.1. The zero-order chi connectivity index (χ0) is 14.5. The average Bonchev–Trinajstić information content (AvgIpc) is 2.81. The van der Waals surface area contributed by atoms with Gasteiger partial charge in [-0.1, -0.05) is 32.0 Å². The normalized spacial score (nSPS) is 12.8. The third kappa shape index (κ3) is 4.12. The van der Waals surface area contributed by atoms with Gasteiger partial charge in [0, 0.05) is 36.0 Å². The number of thiazole rings is 1. The summed E-state index contributed by atoms with van der Waals surface area (Å²) in [6, 6.07) is 7.43. The lowest BCUT2D eigenvalue weighted by Crippen LogP contribution is -2.29. The Morgan fingerprint density at radius 1 is 1.30 bits per heavy atom. The number of nitrogens with one attached hydrogen (secondary N) is 1. The molecule has 2 rings (SSSR count). The molecule has 2 aromatic rings. The maximum atomic E-state index is 14.0. The number of nitrogens with zero attached hydrogens (tertiary/aromatic N) is 1. The Morgan fingerprint density at radius 2 is 2.05 bits per heavy atom. The Morgan fingerprint density at radius 3 is 2.65 bits per heavy atom. The van der Waals surface area contributed by atoms with Gasteiger partial charge in [0.05, 0.1) is 5.01 Å². The van der Waals surface area contributed by atoms with E-state index >= 15 is 0 Å². The lowest BCUT2D eigenvalue weighted by Gasteiger charge is -2.19. The summed E-state index contributed by atoms with van der Waals surface area (Å²) in [7, 11) is 0. The lowest BCUT2D eigenvalue weighted by atomic mass is 9.95. The highest BCUT2D eigenvalue weighted by molar-refractivity contribution is 7.09. The van der Waals surface area contributed by atoms with Crippen LogP contribution in [0.2, 0.25) is 0 Å². The van der Waals surface area contributed by atoms with Crippen molar-refractivity contribution >= 4 is 11.3 Å². The van der Waals surface area contributed by atoms with Gasteiger partial charge in [0.25, 0.3) is 0 Å². The number of benzene rings is 1. The van der Waals surface area contributed by atoms with Crippen LogP contribution in [0.15, 0.2) is 29.6 Å². The fourth-order valence-electron chi connectivity index (χ4n) is 2.18. The summed E-state index contributed by atoms with van der Waals surface area (Å²) < 4.78 is 14.0. The van der Waals surface area contributed by atoms with Crippen molar-refractivity contribution in [3.63, 3.8) is 0 Å². The minimum atomic E-state index is -0.128. The van der Waals surface area contributed by atoms with Gasteiger partial charge in [-0.15, -0.1) is 11.3 Å². The van der Waals surface area contributed by atoms with Crippen molar-refractivity contribution in [3.8, 4) is 0 Å². The largest absolute Gasteiger partial charge is 0.314 e. The Bertz CT molecular complexity index is 551. The smallest absolute Gasteiger partial charge is 0.126 e. The molecule has 108 valence electrons. The van der Waals surface area contributed by atoms with E-state index in [0.717, 1.165) is 29.2 Å². The van der Waals surface area contributed by atoms with Gasteiger partial charge in [0.1, 0.15) is 5.82 Å². The molecular formula is C16H21FN2S. The monoisotopic (exact) mass is 292 g/mol. The summed E-state index contributed by atoms with van der Waals surface area (Å²) in [4.78, 5) is 4.50. The molecule has 1 atom stereocenters. The van der Waals surface area contributed by atoms with E-state index in [-0.39, 0.29) is 11.7 Å². The van der Waals surface area contributed by atoms with Gasteiger partial charge in [-0.25, -0.2) is 9.37 Å². The zero-order valence-electron chi connectivity index (χ0n) is 12.2. The minimum Gasteiger partial charge on any atom is -0.314 e. The summed E-state index contributed by atoms with van der Waals surface area (Å²) >= 11 is 1.65. The van der Waals surface area contributed by atoms with Crippen molar-refractivity contribution in [2.75, 3.05) is 6.54 Å². The molecule has 0 saturated carbocycles. The molecule has 20 heavy (non-hydrogen) atoms. The fraction of sp³-hybridized carbons (Fsp3) is 0.438. The van der Waals surface area contributed by atoms with E-state index in [1.165, 1.54) is 6.07 Å². The second-order valence-electron chi connectivity index (χ2n) is 5.37. The Hall–Kier alpha value is -1.26. The van der Waals surface area contributed by atoms with Crippen molar-refractivity contribution in [2.45, 2.75) is 39.2 Å². The van der Waals surface area contributed by atoms with E-state index in [1.54, 1.807) is 17.4 Å². The topological polar surface area (TPSA) is 24.9 Å². The maximum Gasteiger partial charge on any atom is 0.126 e. The van der Waals surface area contributed by atoms with Gasteiger partial charge in [-0.05, 0) is 18.6 Å². The molecule has 0 aliphatic carbocycles. The van der Waals surface area contributed by atoms with Crippen LogP contribution < -0.4 is 5.32 Å². The summed E-state index contributed by atoms with van der Waals surface area (Å²) in [5, 5.41) is 6.52. The molecule has 1 aromatic carbocycles. The Labute approximate surface area is 124 Å². The van der Waals surface area contributed by atoms with Crippen LogP contribution in [-0.4, -0.2) is 17.6 Å². The van der Waals surface area contributed by atoms with Gasteiger partial charge >= 0.3 is 0 Å². The van der Waals surface area contributed by atoms with Crippen molar-refractivity contribution in [2.24, 2.45) is 0 Å². The SMILES string of the molecule is Cc1csc(CC(CNC(C)C)c2ccccc2F)n1. The summed E-state index contributed by atoms with van der Waals surface area (Å²) in [5.74, 6) is -0.0134. The second-order valence-corrected chi connectivity index (χ2v) is 6.31. The van der Waals surface area contributed by atoms with E-state index in [2.05, 4.69) is 24.1 Å². The first kappa shape index (κ1) is 15.1. The third-order valence-electron chi connectivity index (χ3n) is 3.21. The minimum absolute atomic E-state index is 0.115. The van der Waals surface area contributed by atoms with Crippen LogP contribution in [-0.2, 0) is 6.42 Å². The zero-order valence-corrected chi connectivity index (χ0v) is 13.0. The van der Waals surface area contributed by atoms with E-state index < -0.39 is 0 Å². The van der Waals surface area contributed by atoms with Crippen LogP contribution in [0.3, 0.4) is 0 Å². The van der Waals surface area contributed by atoms with Gasteiger partial charge < -0.3 is 5.32 Å². The average molecular weight is 292 g/mol. The standard InChI is InChI=1S/C16H21FN2S/c1-11(2)18-9-13(8-16-19-12(3)10-20-16)14-6-4-5-7-15(14)17/h4-7,10-11,13,18H,8-9H2,1-3H3. The molecule has 1 aromatic heterocycles. The molecule has 4 heteroatoms. The quantitative estimate of drug-likeness (QED) is 0.873. The molecule has 0 bridgehead atoms. The molecule has 0 radical (unpaired) electrons. The van der Waals surface area contributed by atoms with Gasteiger partial charge in [0.15, 0.2) is 0 Å². The van der Waals surface area contributed by atoms with E-state index in [0.29, 0.717) is 6.04 Å². The predicted molar refractivity (Wildman–Crippen MR) is 82.8 cm³/mol. The summed E-state index contributed by atoms with van der Waals surface area (Å²) in [6.07, 6.45) is 0.777. The molecule has 0 spiro atoms. The first-order valence-electron chi connectivity index (χ1n) is 6.95. The van der Waals surface area contributed by atoms with Crippen LogP contribution in [0.25, 0.3) is 0 Å². The number of aromatic nitrogens is 1. The molecule has 0 fully saturated rings. The van der Waals surface area contributed by atoms with Gasteiger partial charge in [-0.2, -0.15) is 0 Å². The van der Waals surface area contributed by atoms with Crippen molar-refractivity contribution in [1.82, 2.24) is 10.3 Å². The van der Waals surface area contributed by atoms with Crippen LogP contribution in [0.1, 0.15) is 36.0 Å². The molecule has 1 unspecified atom stereocenters. The highest BCUT2D eigenvalue weighted by Gasteiger charge is 2.18. The third-order valence-corrected chi connectivity index (χ3v) is 4.19. The molecular weight excluding hydrogens is 271 g/mol. The van der Waals surface area contributed by atoms with E-state index in [1.807, 2.05) is 24.4 Å². The Balaban J connectivity index is 2.18. The van der Waals surface area contributed by atoms with Crippen molar-refractivity contribution in [1.29, 1.82) is 0 Å². The molecule has 0 saturated heterocycles. The molecule has 0 aliphatic rings. The lowest BCUT2D eigenvalue weighted by molar-refractivity contribution is 0.505. The number of aryl methyl sites for hydroxylation is 1. The van der Waals surface area contributed by atoms with E-state index in [4.69, 9.17) is 0 Å². The molecule has 2 nitrogen and oxygen atoms in total. The summed E-state index contributed by atoms with van der Waals surface area (Å²) in [6.45, 7) is 6.96. The van der Waals surface area contributed by atoms with Crippen LogP contribution >= 0.6 is 11.3 Å². The molecule has 1 heterocycles. The van der Waals surface area contributed by atoms with Crippen LogP contribution in [0.4, 0.5) is 4.39 Å². The first-order chi connectivity index (χ1) is 9.56. The summed E-state index contributed by atoms with van der Waals surface area (Å²) in [5.41, 5.74) is 1.81. The van der Waals surface area contributed by atoms with Crippen molar-refractivity contribution < 1.29 is 4.39 Å². The number of hydrogen-bond donors (Lipinski definition) is 1. The van der Waals surface area contributed by atoms with Crippen LogP contribution in [0.5, 0.6) is 0 Å². The molecule has 0 amide bonds. The Kier molecular flexibility index (Phi) is 5.26. The molecule has 1 N–H and O–H groups in total. The number of halogens is 1. The highest BCUT2D eigenvalue weighted by Crippen LogP contribution is 2.24. The van der Waals surface area contributed by atoms with E-state index in [9.17, 15) is 4.39 Å². The predicted octanol–water partition coefficient (Wildman–Crippen LogP) is 3.91. The maximum absolute atomic E-state index is 14.0. The van der Waals surface area contributed by atoms with Crippen LogP contribution in [0, 0.1) is 12.7 Å².